The number of likely N-dealkylation sites (N-methyl/N-ethyl adjacent to an activating group) is 1. The summed E-state index contributed by atoms with van der Waals surface area (Å²) in [6.07, 6.45) is -2.67. The number of hydrogen-bond donors (Lipinski definition) is 0. The van der Waals surface area contributed by atoms with Crippen LogP contribution < -0.4 is 0 Å². The van der Waals surface area contributed by atoms with Gasteiger partial charge in [0.25, 0.3) is 11.7 Å². The van der Waals surface area contributed by atoms with E-state index in [9.17, 15) is 22.8 Å². The SMILES string of the molecule is CN(Cc1nc(C(F)(F)F)no1)C(=O)C1CCCCN1C(=O)c1ccccc1. The molecule has 1 unspecified atom stereocenters. The third-order valence-electron chi connectivity index (χ3n) is 4.54. The van der Waals surface area contributed by atoms with Crippen LogP contribution in [0, 0.1) is 0 Å². The first-order valence-electron chi connectivity index (χ1n) is 8.78. The van der Waals surface area contributed by atoms with Crippen molar-refractivity contribution in [1.82, 2.24) is 19.9 Å². The van der Waals surface area contributed by atoms with E-state index in [-0.39, 0.29) is 24.2 Å². The van der Waals surface area contributed by atoms with Gasteiger partial charge < -0.3 is 14.3 Å². The molecule has 0 saturated carbocycles. The maximum Gasteiger partial charge on any atom is 0.455 e. The Hall–Kier alpha value is -2.91. The molecule has 1 saturated heterocycles. The molecule has 1 aliphatic rings. The fourth-order valence-electron chi connectivity index (χ4n) is 3.15. The summed E-state index contributed by atoms with van der Waals surface area (Å²) < 4.78 is 42.3. The number of carbonyl (C=O) groups is 2. The van der Waals surface area contributed by atoms with Crippen molar-refractivity contribution in [1.29, 1.82) is 0 Å². The fourth-order valence-corrected chi connectivity index (χ4v) is 3.15. The van der Waals surface area contributed by atoms with Crippen LogP contribution in [0.2, 0.25) is 0 Å². The van der Waals surface area contributed by atoms with Crippen molar-refractivity contribution in [2.75, 3.05) is 13.6 Å². The normalized spacial score (nSPS) is 17.4. The molecule has 2 heterocycles. The maximum atomic E-state index is 12.9. The van der Waals surface area contributed by atoms with Crippen molar-refractivity contribution >= 4 is 11.8 Å². The van der Waals surface area contributed by atoms with Crippen LogP contribution in [0.25, 0.3) is 0 Å². The Morgan fingerprint density at radius 2 is 1.96 bits per heavy atom. The number of benzene rings is 1. The van der Waals surface area contributed by atoms with Gasteiger partial charge in [-0.05, 0) is 31.4 Å². The van der Waals surface area contributed by atoms with Gasteiger partial charge >= 0.3 is 6.18 Å². The molecule has 0 radical (unpaired) electrons. The molecule has 1 atom stereocenters. The molecule has 0 aliphatic carbocycles. The van der Waals surface area contributed by atoms with Crippen molar-refractivity contribution in [2.45, 2.75) is 38.0 Å². The Morgan fingerprint density at radius 1 is 1.25 bits per heavy atom. The van der Waals surface area contributed by atoms with Crippen molar-refractivity contribution < 1.29 is 27.3 Å². The van der Waals surface area contributed by atoms with Gasteiger partial charge in [0.2, 0.25) is 11.8 Å². The first-order valence-corrected chi connectivity index (χ1v) is 8.78. The largest absolute Gasteiger partial charge is 0.455 e. The highest BCUT2D eigenvalue weighted by molar-refractivity contribution is 5.97. The second kappa shape index (κ2) is 7.99. The Labute approximate surface area is 159 Å². The Balaban J connectivity index is 1.71. The summed E-state index contributed by atoms with van der Waals surface area (Å²) in [7, 11) is 1.43. The molecule has 0 bridgehead atoms. The second-order valence-electron chi connectivity index (χ2n) is 6.58. The van der Waals surface area contributed by atoms with Gasteiger partial charge in [-0.15, -0.1) is 0 Å². The molecule has 28 heavy (non-hydrogen) atoms. The first-order chi connectivity index (χ1) is 13.3. The summed E-state index contributed by atoms with van der Waals surface area (Å²) in [4.78, 5) is 31.7. The summed E-state index contributed by atoms with van der Waals surface area (Å²) in [5.74, 6) is -2.33. The minimum Gasteiger partial charge on any atom is -0.337 e. The predicted octanol–water partition coefficient (Wildman–Crippen LogP) is 2.74. The smallest absolute Gasteiger partial charge is 0.337 e. The number of likely N-dealkylation sites (tertiary alicyclic amines) is 1. The van der Waals surface area contributed by atoms with Crippen molar-refractivity contribution in [3.05, 3.63) is 47.6 Å². The molecule has 1 aromatic heterocycles. The van der Waals surface area contributed by atoms with Crippen molar-refractivity contribution in [3.8, 4) is 0 Å². The van der Waals surface area contributed by atoms with Gasteiger partial charge in [-0.3, -0.25) is 9.59 Å². The fraction of sp³-hybridized carbons (Fsp3) is 0.444. The van der Waals surface area contributed by atoms with Gasteiger partial charge in [0.15, 0.2) is 0 Å². The Kier molecular flexibility index (Phi) is 5.66. The van der Waals surface area contributed by atoms with E-state index in [1.165, 1.54) is 16.8 Å². The third-order valence-corrected chi connectivity index (χ3v) is 4.54. The quantitative estimate of drug-likeness (QED) is 0.794. The first kappa shape index (κ1) is 19.8. The summed E-state index contributed by atoms with van der Waals surface area (Å²) >= 11 is 0. The molecular formula is C18H19F3N4O3. The van der Waals surface area contributed by atoms with Gasteiger partial charge in [-0.2, -0.15) is 18.2 Å². The molecule has 3 rings (SSSR count). The van der Waals surface area contributed by atoms with E-state index < -0.39 is 18.0 Å². The van der Waals surface area contributed by atoms with Gasteiger partial charge in [-0.25, -0.2) is 0 Å². The zero-order chi connectivity index (χ0) is 20.3. The average Bonchev–Trinajstić information content (AvgIpc) is 3.16. The maximum absolute atomic E-state index is 12.9. The molecule has 0 N–H and O–H groups in total. The molecule has 1 fully saturated rings. The van der Waals surface area contributed by atoms with E-state index >= 15 is 0 Å². The number of alkyl halides is 3. The highest BCUT2D eigenvalue weighted by Crippen LogP contribution is 2.27. The van der Waals surface area contributed by atoms with Crippen LogP contribution >= 0.6 is 0 Å². The lowest BCUT2D eigenvalue weighted by molar-refractivity contribution is -0.146. The molecule has 10 heteroatoms. The van der Waals surface area contributed by atoms with E-state index in [2.05, 4.69) is 14.7 Å². The molecule has 0 spiro atoms. The average molecular weight is 396 g/mol. The number of carbonyl (C=O) groups excluding carboxylic acids is 2. The highest BCUT2D eigenvalue weighted by atomic mass is 19.4. The number of nitrogens with zero attached hydrogens (tertiary/aromatic N) is 4. The van der Waals surface area contributed by atoms with Crippen LogP contribution in [0.1, 0.15) is 41.3 Å². The number of halogens is 3. The van der Waals surface area contributed by atoms with Crippen molar-refractivity contribution in [2.24, 2.45) is 0 Å². The monoisotopic (exact) mass is 396 g/mol. The second-order valence-corrected chi connectivity index (χ2v) is 6.58. The van der Waals surface area contributed by atoms with Crippen LogP contribution in [0.3, 0.4) is 0 Å². The molecule has 2 aromatic rings. The van der Waals surface area contributed by atoms with Crippen molar-refractivity contribution in [3.63, 3.8) is 0 Å². The topological polar surface area (TPSA) is 79.5 Å². The molecular weight excluding hydrogens is 377 g/mol. The van der Waals surface area contributed by atoms with Crippen LogP contribution in [-0.2, 0) is 17.5 Å². The highest BCUT2D eigenvalue weighted by Gasteiger charge is 2.38. The van der Waals surface area contributed by atoms with Gasteiger partial charge in [-0.1, -0.05) is 23.4 Å². The van der Waals surface area contributed by atoms with E-state index in [0.29, 0.717) is 18.5 Å². The lowest BCUT2D eigenvalue weighted by Gasteiger charge is -2.36. The predicted molar refractivity (Wildman–Crippen MR) is 90.9 cm³/mol. The summed E-state index contributed by atoms with van der Waals surface area (Å²) in [5.41, 5.74) is 0.483. The molecule has 2 amide bonds. The van der Waals surface area contributed by atoms with Crippen LogP contribution in [0.15, 0.2) is 34.9 Å². The third kappa shape index (κ3) is 4.32. The van der Waals surface area contributed by atoms with E-state index in [4.69, 9.17) is 0 Å². The van der Waals surface area contributed by atoms with E-state index in [0.717, 1.165) is 12.8 Å². The van der Waals surface area contributed by atoms with Crippen LogP contribution in [-0.4, -0.2) is 51.4 Å². The molecule has 150 valence electrons. The molecule has 1 aliphatic heterocycles. The van der Waals surface area contributed by atoms with Gasteiger partial charge in [0.05, 0.1) is 6.54 Å². The number of hydrogen-bond acceptors (Lipinski definition) is 5. The number of amides is 2. The van der Waals surface area contributed by atoms with E-state index in [1.807, 2.05) is 0 Å². The summed E-state index contributed by atoms with van der Waals surface area (Å²) in [5, 5.41) is 2.88. The van der Waals surface area contributed by atoms with Gasteiger partial charge in [0, 0.05) is 19.2 Å². The van der Waals surface area contributed by atoms with Crippen LogP contribution in [0.5, 0.6) is 0 Å². The summed E-state index contributed by atoms with van der Waals surface area (Å²) in [6.45, 7) is 0.169. The summed E-state index contributed by atoms with van der Waals surface area (Å²) in [6, 6.07) is 7.96. The van der Waals surface area contributed by atoms with Crippen LogP contribution in [0.4, 0.5) is 13.2 Å². The minimum absolute atomic E-state index is 0.246. The lowest BCUT2D eigenvalue weighted by atomic mass is 9.99. The zero-order valence-electron chi connectivity index (χ0n) is 15.1. The number of piperidine rings is 1. The zero-order valence-corrected chi connectivity index (χ0v) is 15.1. The standard InChI is InChI=1S/C18H19F3N4O3/c1-24(11-14-22-17(23-28-14)18(19,20)21)16(27)13-9-5-6-10-25(13)15(26)12-7-3-2-4-8-12/h2-4,7-8,13H,5-6,9-11H2,1H3. The Morgan fingerprint density at radius 3 is 2.61 bits per heavy atom. The van der Waals surface area contributed by atoms with E-state index in [1.54, 1.807) is 30.3 Å². The lowest BCUT2D eigenvalue weighted by Crippen LogP contribution is -2.52. The number of aromatic nitrogens is 2. The molecule has 7 nitrogen and oxygen atoms in total. The molecule has 1 aromatic carbocycles. The van der Waals surface area contributed by atoms with Gasteiger partial charge in [0.1, 0.15) is 6.04 Å². The number of rotatable bonds is 4. The minimum atomic E-state index is -4.72. The Bertz CT molecular complexity index is 838.